The van der Waals surface area contributed by atoms with Gasteiger partial charge in [0.25, 0.3) is 0 Å². The van der Waals surface area contributed by atoms with Crippen LogP contribution in [0.1, 0.15) is 6.92 Å². The van der Waals surface area contributed by atoms with Crippen LogP contribution in [0.25, 0.3) is 0 Å². The third-order valence-electron chi connectivity index (χ3n) is 12.8. The predicted octanol–water partition coefficient (Wildman–Crippen LogP) is -14.0. The molecule has 20 N–H and O–H groups in total. The van der Waals surface area contributed by atoms with Gasteiger partial charge in [-0.2, -0.15) is 0 Å². The summed E-state index contributed by atoms with van der Waals surface area (Å²) in [5, 5.41) is 203. The Kier molecular flexibility index (Phi) is 20.3. The Morgan fingerprint density at radius 2 is 0.743 bits per heavy atom. The fraction of sp³-hybridized carbons (Fsp3) is 0.974. The van der Waals surface area contributed by atoms with Crippen molar-refractivity contribution in [3.05, 3.63) is 0 Å². The van der Waals surface area contributed by atoms with Crippen molar-refractivity contribution in [2.45, 2.75) is 191 Å². The molecule has 408 valence electrons. The summed E-state index contributed by atoms with van der Waals surface area (Å²) in [6, 6.07) is -1.58. The predicted molar refractivity (Wildman–Crippen MR) is 211 cm³/mol. The molecule has 70 heavy (non-hydrogen) atoms. The van der Waals surface area contributed by atoms with E-state index in [2.05, 4.69) is 5.32 Å². The lowest BCUT2D eigenvalue weighted by atomic mass is 9.95. The van der Waals surface area contributed by atoms with Crippen LogP contribution in [0.2, 0.25) is 0 Å². The summed E-state index contributed by atoms with van der Waals surface area (Å²) in [7, 11) is 0. The molecule has 0 spiro atoms. The van der Waals surface area contributed by atoms with Crippen LogP contribution in [0.3, 0.4) is 0 Å². The van der Waals surface area contributed by atoms with Gasteiger partial charge in [-0.3, -0.25) is 4.79 Å². The van der Waals surface area contributed by atoms with Crippen molar-refractivity contribution in [1.29, 1.82) is 0 Å². The maximum absolute atomic E-state index is 11.9. The number of nitrogens with one attached hydrogen (secondary N) is 1. The quantitative estimate of drug-likeness (QED) is 0.0643. The minimum atomic E-state index is -2.19. The van der Waals surface area contributed by atoms with Crippen molar-refractivity contribution in [2.75, 3.05) is 39.6 Å². The molecule has 30 atom stereocenters. The van der Waals surface area contributed by atoms with E-state index in [0.717, 1.165) is 6.92 Å². The molecule has 32 nitrogen and oxygen atoms in total. The van der Waals surface area contributed by atoms with Crippen LogP contribution >= 0.6 is 0 Å². The normalized spacial score (nSPS) is 51.5. The molecule has 0 saturated carbocycles. The van der Waals surface area contributed by atoms with E-state index < -0.39 is 230 Å². The molecule has 0 aliphatic carbocycles. The minimum absolute atomic E-state index is 0.741. The summed E-state index contributed by atoms with van der Waals surface area (Å²) in [5.41, 5.74) is 0. The second kappa shape index (κ2) is 24.7. The van der Waals surface area contributed by atoms with Crippen molar-refractivity contribution < 1.29 is 154 Å². The number of rotatable bonds is 17. The molecule has 6 rings (SSSR count). The molecule has 32 heteroatoms. The first-order valence-corrected chi connectivity index (χ1v) is 22.1. The van der Waals surface area contributed by atoms with Gasteiger partial charge in [-0.25, -0.2) is 0 Å². The van der Waals surface area contributed by atoms with Gasteiger partial charge in [0.2, 0.25) is 5.91 Å². The fourth-order valence-corrected chi connectivity index (χ4v) is 8.68. The highest BCUT2D eigenvalue weighted by atomic mass is 16.8. The van der Waals surface area contributed by atoms with E-state index >= 15 is 0 Å². The minimum Gasteiger partial charge on any atom is -0.394 e. The van der Waals surface area contributed by atoms with Crippen molar-refractivity contribution in [3.8, 4) is 0 Å². The molecule has 30 unspecified atom stereocenters. The summed E-state index contributed by atoms with van der Waals surface area (Å²) < 4.78 is 61.6. The number of carbonyl (C=O) groups excluding carboxylic acids is 1. The van der Waals surface area contributed by atoms with Gasteiger partial charge in [-0.05, 0) is 0 Å². The highest BCUT2D eigenvalue weighted by molar-refractivity contribution is 5.73. The highest BCUT2D eigenvalue weighted by Crippen LogP contribution is 2.35. The first-order chi connectivity index (χ1) is 33.1. The lowest BCUT2D eigenvalue weighted by Gasteiger charge is -2.48. The molecule has 0 radical (unpaired) electrons. The molecule has 1 amide bonds. The number of aliphatic hydroxyl groups excluding tert-OH is 19. The van der Waals surface area contributed by atoms with Crippen molar-refractivity contribution >= 4 is 5.91 Å². The Morgan fingerprint density at radius 1 is 0.371 bits per heavy atom. The summed E-state index contributed by atoms with van der Waals surface area (Å²) >= 11 is 0. The van der Waals surface area contributed by atoms with Gasteiger partial charge in [0.1, 0.15) is 146 Å². The second-order valence-corrected chi connectivity index (χ2v) is 17.6. The summed E-state index contributed by atoms with van der Waals surface area (Å²) in [4.78, 5) is 11.9. The van der Waals surface area contributed by atoms with Gasteiger partial charge < -0.3 is 154 Å². The van der Waals surface area contributed by atoms with Crippen LogP contribution < -0.4 is 5.32 Å². The maximum atomic E-state index is 11.9. The molecule has 0 aromatic heterocycles. The second-order valence-electron chi connectivity index (χ2n) is 17.6. The molecular weight excluding hydrogens is 966 g/mol. The maximum Gasteiger partial charge on any atom is 0.217 e. The van der Waals surface area contributed by atoms with Gasteiger partial charge in [-0.1, -0.05) is 0 Å². The smallest absolute Gasteiger partial charge is 0.217 e. The van der Waals surface area contributed by atoms with Gasteiger partial charge >= 0.3 is 0 Å². The topological polar surface area (TPSA) is 515 Å². The SMILES string of the molecule is CC(=O)NC1C(O)OC(CO)C(OC2OC(COC3OC(COC4OC(CO)C(O)C(O)C4OC4OC(CO)C(O)C(O)C4O)C(O)C(O)C3O)C(O)C(OC3OC(CO)C(O)C(O)C3O)C2O)C1O. The Morgan fingerprint density at radius 3 is 1.24 bits per heavy atom. The average Bonchev–Trinajstić information content (AvgIpc) is 3.33. The zero-order valence-electron chi connectivity index (χ0n) is 37.0. The van der Waals surface area contributed by atoms with E-state index in [1.807, 2.05) is 0 Å². The Bertz CT molecular complexity index is 1630. The molecule has 0 aromatic rings. The molecule has 6 saturated heterocycles. The third-order valence-corrected chi connectivity index (χ3v) is 12.8. The molecular formula is C38H65NO31. The van der Waals surface area contributed by atoms with Crippen LogP contribution in [0.5, 0.6) is 0 Å². The number of hydrogen-bond acceptors (Lipinski definition) is 31. The zero-order chi connectivity index (χ0) is 51.6. The number of hydrogen-bond donors (Lipinski definition) is 20. The van der Waals surface area contributed by atoms with Crippen LogP contribution in [-0.4, -0.2) is 327 Å². The van der Waals surface area contributed by atoms with Crippen molar-refractivity contribution in [2.24, 2.45) is 0 Å². The monoisotopic (exact) mass is 1030 g/mol. The zero-order valence-corrected chi connectivity index (χ0v) is 37.0. The Hall–Kier alpha value is -1.73. The number of ether oxygens (including phenoxy) is 11. The van der Waals surface area contributed by atoms with Crippen molar-refractivity contribution in [1.82, 2.24) is 5.32 Å². The van der Waals surface area contributed by atoms with Gasteiger partial charge in [0.05, 0.1) is 39.6 Å². The first-order valence-electron chi connectivity index (χ1n) is 22.1. The standard InChI is InChI=1S/C38H65NO31/c1-8(44)39-15-21(50)30(12(5-43)62-33(15)59)68-37-29(58)31(69-35-27(56)22(51)16(45)9(2-40)63-35)20(49)14(67-37)7-60-34-26(55)24(53)19(48)13(66-34)6-61-38-32(25(54)18(47)11(4-42)65-38)70-36-28(57)23(52)17(46)10(3-41)64-36/h9-38,40-43,45-59H,2-7H2,1H3,(H,39,44). The third kappa shape index (κ3) is 12.2. The van der Waals surface area contributed by atoms with Crippen molar-refractivity contribution in [3.63, 3.8) is 0 Å². The van der Waals surface area contributed by atoms with Gasteiger partial charge in [0, 0.05) is 6.92 Å². The van der Waals surface area contributed by atoms with Crippen LogP contribution in [0, 0.1) is 0 Å². The molecule has 0 aromatic carbocycles. The summed E-state index contributed by atoms with van der Waals surface area (Å²) in [5.74, 6) is -0.741. The molecule has 6 heterocycles. The van der Waals surface area contributed by atoms with Crippen LogP contribution in [0.4, 0.5) is 0 Å². The highest BCUT2D eigenvalue weighted by Gasteiger charge is 2.56. The molecule has 0 bridgehead atoms. The van der Waals surface area contributed by atoms with Crippen LogP contribution in [0.15, 0.2) is 0 Å². The van der Waals surface area contributed by atoms with E-state index in [1.54, 1.807) is 0 Å². The lowest BCUT2D eigenvalue weighted by molar-refractivity contribution is -0.382. The number of amides is 1. The molecule has 6 fully saturated rings. The number of aliphatic hydroxyl groups is 19. The largest absolute Gasteiger partial charge is 0.394 e. The van der Waals surface area contributed by atoms with E-state index in [-0.39, 0.29) is 0 Å². The van der Waals surface area contributed by atoms with Gasteiger partial charge in [0.15, 0.2) is 37.7 Å². The summed E-state index contributed by atoms with van der Waals surface area (Å²) in [6.45, 7) is -4.38. The van der Waals surface area contributed by atoms with E-state index in [1.165, 1.54) is 0 Å². The van der Waals surface area contributed by atoms with Gasteiger partial charge in [-0.15, -0.1) is 0 Å². The first kappa shape index (κ1) is 57.5. The number of carbonyl (C=O) groups is 1. The Balaban J connectivity index is 1.19. The fourth-order valence-electron chi connectivity index (χ4n) is 8.68. The van der Waals surface area contributed by atoms with E-state index in [9.17, 15) is 102 Å². The summed E-state index contributed by atoms with van der Waals surface area (Å²) in [6.07, 6.45) is -55.1. The van der Waals surface area contributed by atoms with E-state index in [4.69, 9.17) is 52.1 Å². The van der Waals surface area contributed by atoms with Crippen LogP contribution in [-0.2, 0) is 56.9 Å². The lowest BCUT2D eigenvalue weighted by Crippen LogP contribution is -2.68. The molecule has 6 aliphatic rings. The average molecular weight is 1030 g/mol. The Labute approximate surface area is 395 Å². The molecule has 6 aliphatic heterocycles. The van der Waals surface area contributed by atoms with E-state index in [0.29, 0.717) is 0 Å².